The third kappa shape index (κ3) is 1.58. The van der Waals surface area contributed by atoms with Gasteiger partial charge in [-0.25, -0.2) is 0 Å². The molecule has 4 heteroatoms. The first-order valence-electron chi connectivity index (χ1n) is 4.73. The van der Waals surface area contributed by atoms with Crippen molar-refractivity contribution in [3.8, 4) is 0 Å². The van der Waals surface area contributed by atoms with Crippen LogP contribution in [-0.2, 0) is 11.2 Å². The molecule has 15 heavy (non-hydrogen) atoms. The number of fused-ring (bicyclic) bond motifs is 1. The minimum Gasteiger partial charge on any atom is -0.481 e. The van der Waals surface area contributed by atoms with Gasteiger partial charge < -0.3 is 5.11 Å². The summed E-state index contributed by atoms with van der Waals surface area (Å²) in [5.41, 5.74) is 3.87. The van der Waals surface area contributed by atoms with Crippen LogP contribution in [0.25, 0.3) is 10.9 Å². The molecule has 0 aliphatic heterocycles. The summed E-state index contributed by atoms with van der Waals surface area (Å²) in [6.45, 7) is 3.88. The molecule has 0 bridgehead atoms. The van der Waals surface area contributed by atoms with Gasteiger partial charge in [-0.2, -0.15) is 5.10 Å². The minimum absolute atomic E-state index is 0.0633. The first kappa shape index (κ1) is 9.71. The number of nitrogens with zero attached hydrogens (tertiary/aromatic N) is 1. The molecule has 0 amide bonds. The van der Waals surface area contributed by atoms with Crippen LogP contribution in [0.5, 0.6) is 0 Å². The van der Waals surface area contributed by atoms with Crippen molar-refractivity contribution < 1.29 is 9.90 Å². The Hall–Kier alpha value is -1.84. The molecule has 0 unspecified atom stereocenters. The summed E-state index contributed by atoms with van der Waals surface area (Å²) >= 11 is 0. The van der Waals surface area contributed by atoms with Gasteiger partial charge in [-0.1, -0.05) is 6.07 Å². The Kier molecular flexibility index (Phi) is 2.19. The molecule has 2 rings (SSSR count). The zero-order chi connectivity index (χ0) is 11.0. The van der Waals surface area contributed by atoms with Crippen LogP contribution in [-0.4, -0.2) is 21.3 Å². The average Bonchev–Trinajstić information content (AvgIpc) is 2.61. The Bertz CT molecular complexity index is 529. The Morgan fingerprint density at radius 1 is 1.53 bits per heavy atom. The maximum atomic E-state index is 10.7. The monoisotopic (exact) mass is 204 g/mol. The van der Waals surface area contributed by atoms with Crippen LogP contribution < -0.4 is 0 Å². The van der Waals surface area contributed by atoms with Crippen molar-refractivity contribution in [1.29, 1.82) is 0 Å². The molecule has 2 aromatic rings. The lowest BCUT2D eigenvalue weighted by Crippen LogP contribution is -2.02. The van der Waals surface area contributed by atoms with Crippen molar-refractivity contribution in [2.75, 3.05) is 0 Å². The lowest BCUT2D eigenvalue weighted by atomic mass is 9.99. The van der Waals surface area contributed by atoms with Gasteiger partial charge in [0.2, 0.25) is 0 Å². The second kappa shape index (κ2) is 3.38. The predicted octanol–water partition coefficient (Wildman–Crippen LogP) is 1.81. The summed E-state index contributed by atoms with van der Waals surface area (Å²) in [4.78, 5) is 10.7. The number of hydrogen-bond donors (Lipinski definition) is 2. The third-order valence-electron chi connectivity index (χ3n) is 2.65. The molecule has 78 valence electrons. The minimum atomic E-state index is -0.805. The van der Waals surface area contributed by atoms with Crippen LogP contribution in [0.1, 0.15) is 16.7 Å². The number of aromatic nitrogens is 2. The molecule has 0 saturated heterocycles. The second-order valence-electron chi connectivity index (χ2n) is 3.71. The zero-order valence-corrected chi connectivity index (χ0v) is 8.66. The average molecular weight is 204 g/mol. The summed E-state index contributed by atoms with van der Waals surface area (Å²) in [5.74, 6) is -0.805. The van der Waals surface area contributed by atoms with Gasteiger partial charge in [0.05, 0.1) is 18.1 Å². The summed E-state index contributed by atoms with van der Waals surface area (Å²) < 4.78 is 0. The van der Waals surface area contributed by atoms with Crippen LogP contribution in [0.2, 0.25) is 0 Å². The molecule has 0 aliphatic rings. The number of aromatic amines is 1. The highest BCUT2D eigenvalue weighted by Crippen LogP contribution is 2.23. The molecule has 0 fully saturated rings. The summed E-state index contributed by atoms with van der Waals surface area (Å²) in [7, 11) is 0. The van der Waals surface area contributed by atoms with Crippen molar-refractivity contribution in [3.63, 3.8) is 0 Å². The first-order chi connectivity index (χ1) is 7.09. The number of carboxylic acids is 1. The fourth-order valence-corrected chi connectivity index (χ4v) is 1.83. The van der Waals surface area contributed by atoms with Crippen LogP contribution >= 0.6 is 0 Å². The lowest BCUT2D eigenvalue weighted by Gasteiger charge is -2.06. The molecule has 0 atom stereocenters. The van der Waals surface area contributed by atoms with E-state index >= 15 is 0 Å². The van der Waals surface area contributed by atoms with Gasteiger partial charge in [0.1, 0.15) is 0 Å². The molecule has 0 aliphatic carbocycles. The topological polar surface area (TPSA) is 66.0 Å². The number of carboxylic acid groups (broad SMARTS) is 1. The van der Waals surface area contributed by atoms with Gasteiger partial charge in [-0.15, -0.1) is 0 Å². The van der Waals surface area contributed by atoms with Gasteiger partial charge in [-0.3, -0.25) is 9.89 Å². The van der Waals surface area contributed by atoms with E-state index < -0.39 is 5.97 Å². The summed E-state index contributed by atoms with van der Waals surface area (Å²) in [6.07, 6.45) is 1.80. The van der Waals surface area contributed by atoms with Crippen LogP contribution in [0.15, 0.2) is 12.3 Å². The number of benzene rings is 1. The summed E-state index contributed by atoms with van der Waals surface area (Å²) in [6, 6.07) is 1.91. The van der Waals surface area contributed by atoms with Gasteiger partial charge in [0.25, 0.3) is 0 Å². The molecule has 1 heterocycles. The number of rotatable bonds is 2. The van der Waals surface area contributed by atoms with E-state index in [1.807, 2.05) is 19.9 Å². The highest BCUT2D eigenvalue weighted by atomic mass is 16.4. The van der Waals surface area contributed by atoms with E-state index in [-0.39, 0.29) is 6.42 Å². The second-order valence-corrected chi connectivity index (χ2v) is 3.71. The largest absolute Gasteiger partial charge is 0.481 e. The molecular formula is C11H12N2O2. The lowest BCUT2D eigenvalue weighted by molar-refractivity contribution is -0.136. The predicted molar refractivity (Wildman–Crippen MR) is 56.9 cm³/mol. The Labute approximate surface area is 86.9 Å². The van der Waals surface area contributed by atoms with E-state index in [4.69, 9.17) is 5.11 Å². The van der Waals surface area contributed by atoms with Crippen molar-refractivity contribution in [2.45, 2.75) is 20.3 Å². The van der Waals surface area contributed by atoms with Crippen molar-refractivity contribution in [2.24, 2.45) is 0 Å². The van der Waals surface area contributed by atoms with E-state index in [1.54, 1.807) is 6.20 Å². The van der Waals surface area contributed by atoms with E-state index in [9.17, 15) is 4.79 Å². The van der Waals surface area contributed by atoms with Crippen molar-refractivity contribution in [3.05, 3.63) is 29.0 Å². The number of carbonyl (C=O) groups is 1. The van der Waals surface area contributed by atoms with E-state index in [2.05, 4.69) is 10.2 Å². The third-order valence-corrected chi connectivity index (χ3v) is 2.65. The molecule has 0 saturated carbocycles. The normalized spacial score (nSPS) is 10.8. The number of nitrogens with one attached hydrogen (secondary N) is 1. The fraction of sp³-hybridized carbons (Fsp3) is 0.273. The van der Waals surface area contributed by atoms with Gasteiger partial charge >= 0.3 is 5.97 Å². The fourth-order valence-electron chi connectivity index (χ4n) is 1.83. The van der Waals surface area contributed by atoms with Crippen LogP contribution in [0, 0.1) is 13.8 Å². The number of aryl methyl sites for hydroxylation is 2. The smallest absolute Gasteiger partial charge is 0.307 e. The molecule has 4 nitrogen and oxygen atoms in total. The molecule has 2 N–H and O–H groups in total. The van der Waals surface area contributed by atoms with Gasteiger partial charge in [-0.05, 0) is 30.5 Å². The highest BCUT2D eigenvalue weighted by Gasteiger charge is 2.10. The van der Waals surface area contributed by atoms with Gasteiger partial charge in [0, 0.05) is 5.39 Å². The van der Waals surface area contributed by atoms with E-state index in [0.717, 1.165) is 27.6 Å². The maximum Gasteiger partial charge on any atom is 0.307 e. The molecule has 1 aromatic heterocycles. The first-order valence-corrected chi connectivity index (χ1v) is 4.73. The molecule has 0 spiro atoms. The Balaban J connectivity index is 2.65. The molecule has 1 aromatic carbocycles. The number of hydrogen-bond acceptors (Lipinski definition) is 2. The number of aliphatic carboxylic acids is 1. The highest BCUT2D eigenvalue weighted by molar-refractivity contribution is 5.87. The van der Waals surface area contributed by atoms with Crippen LogP contribution in [0.4, 0.5) is 0 Å². The van der Waals surface area contributed by atoms with E-state index in [1.165, 1.54) is 0 Å². The molecular weight excluding hydrogens is 192 g/mol. The molecule has 0 radical (unpaired) electrons. The SMILES string of the molecule is Cc1c(CC(=O)O)cc(C)c2[nH]ncc12. The van der Waals surface area contributed by atoms with E-state index in [0.29, 0.717) is 0 Å². The number of H-pyrrole nitrogens is 1. The Morgan fingerprint density at radius 2 is 2.27 bits per heavy atom. The van der Waals surface area contributed by atoms with Crippen LogP contribution in [0.3, 0.4) is 0 Å². The van der Waals surface area contributed by atoms with Crippen molar-refractivity contribution >= 4 is 16.9 Å². The summed E-state index contributed by atoms with van der Waals surface area (Å²) in [5, 5.41) is 16.7. The van der Waals surface area contributed by atoms with Gasteiger partial charge in [0.15, 0.2) is 0 Å². The maximum absolute atomic E-state index is 10.7. The standard InChI is InChI=1S/C11H12N2O2/c1-6-3-8(4-10(14)15)7(2)9-5-12-13-11(6)9/h3,5H,4H2,1-2H3,(H,12,13)(H,14,15). The zero-order valence-electron chi connectivity index (χ0n) is 8.66. The van der Waals surface area contributed by atoms with Crippen molar-refractivity contribution in [1.82, 2.24) is 10.2 Å². The quantitative estimate of drug-likeness (QED) is 0.784. The Morgan fingerprint density at radius 3 is 2.93 bits per heavy atom.